The zero-order chi connectivity index (χ0) is 69.9. The summed E-state index contributed by atoms with van der Waals surface area (Å²) < 4.78 is 42.9. The third-order valence-corrected chi connectivity index (χ3v) is 17.1. The van der Waals surface area contributed by atoms with Gasteiger partial charge in [-0.1, -0.05) is 72.8 Å². The molecule has 0 spiro atoms. The van der Waals surface area contributed by atoms with Crippen molar-refractivity contribution in [2.24, 2.45) is 10.8 Å². The number of phenols is 6. The quantitative estimate of drug-likeness (QED) is 0.0162. The Morgan fingerprint density at radius 3 is 0.495 bits per heavy atom. The molecule has 0 atom stereocenters. The number of aromatic hydroxyl groups is 6. The Bertz CT molecular complexity index is 2990. The molecule has 0 unspecified atom stereocenters. The van der Waals surface area contributed by atoms with Crippen LogP contribution in [0.5, 0.6) is 34.5 Å². The highest BCUT2D eigenvalue weighted by Crippen LogP contribution is 2.32. The number of ether oxygens (including phenoxy) is 7. The smallest absolute Gasteiger partial charge is 0.306 e. The zero-order valence-electron chi connectivity index (χ0n) is 57.1. The molecule has 6 N–H and O–H groups in total. The van der Waals surface area contributed by atoms with E-state index in [0.29, 0.717) is 66.8 Å². The van der Waals surface area contributed by atoms with Crippen molar-refractivity contribution >= 4 is 35.8 Å². The van der Waals surface area contributed by atoms with Crippen LogP contribution in [0.2, 0.25) is 0 Å². The largest absolute Gasteiger partial charge is 0.507 e. The molecule has 0 aliphatic heterocycles. The normalized spacial score (nSPS) is 11.5. The highest BCUT2D eigenvalue weighted by atomic mass is 16.6. The lowest BCUT2D eigenvalue weighted by atomic mass is 9.90. The van der Waals surface area contributed by atoms with Crippen LogP contribution in [-0.4, -0.2) is 119 Å². The number of benzene rings is 6. The van der Waals surface area contributed by atoms with E-state index in [4.69, 9.17) is 33.2 Å². The molecule has 6 aromatic carbocycles. The van der Waals surface area contributed by atoms with Gasteiger partial charge in [-0.2, -0.15) is 0 Å². The first kappa shape index (κ1) is 74.9. The summed E-state index contributed by atoms with van der Waals surface area (Å²) in [4.78, 5) is 83.8. The minimum absolute atomic E-state index is 0.132. The van der Waals surface area contributed by atoms with E-state index in [1.165, 1.54) is 0 Å². The van der Waals surface area contributed by atoms with Crippen LogP contribution in [-0.2, 0) is 100 Å². The second-order valence-corrected chi connectivity index (χ2v) is 25.9. The first-order valence-electron chi connectivity index (χ1n) is 32.1. The summed E-state index contributed by atoms with van der Waals surface area (Å²) in [5.74, 6) is -3.29. The van der Waals surface area contributed by atoms with E-state index in [0.717, 1.165) is 33.4 Å². The molecule has 512 valence electrons. The lowest BCUT2D eigenvalue weighted by Gasteiger charge is -2.35. The number of carbonyl (C=O) groups excluding carboxylic acids is 6. The van der Waals surface area contributed by atoms with Crippen LogP contribution >= 0.6 is 0 Å². The van der Waals surface area contributed by atoms with Gasteiger partial charge in [0.2, 0.25) is 0 Å². The van der Waals surface area contributed by atoms with E-state index in [9.17, 15) is 59.4 Å². The number of esters is 6. The monoisotopic (exact) mass is 1310 g/mol. The van der Waals surface area contributed by atoms with Crippen molar-refractivity contribution in [2.45, 2.75) is 160 Å². The predicted octanol–water partition coefficient (Wildman–Crippen LogP) is 12.0. The fraction of sp³-hybridized carbons (Fsp3) is 0.447. The summed E-state index contributed by atoms with van der Waals surface area (Å²) in [6.07, 6.45) is 0.513. The third kappa shape index (κ3) is 22.5. The first-order valence-corrected chi connectivity index (χ1v) is 32.1. The van der Waals surface area contributed by atoms with Crippen LogP contribution < -0.4 is 0 Å². The highest BCUT2D eigenvalue weighted by Gasteiger charge is 2.41. The molecule has 0 aromatic heterocycles. The second kappa shape index (κ2) is 34.4. The number of phenolic OH excluding ortho intramolecular Hbond substituents is 6. The van der Waals surface area contributed by atoms with Crippen molar-refractivity contribution in [3.05, 3.63) is 173 Å². The summed E-state index contributed by atoms with van der Waals surface area (Å²) in [5, 5.41) is 62.8. The van der Waals surface area contributed by atoms with Gasteiger partial charge in [0.15, 0.2) is 0 Å². The van der Waals surface area contributed by atoms with E-state index in [1.54, 1.807) is 156 Å². The average Bonchev–Trinajstić information content (AvgIpc) is 0.898. The van der Waals surface area contributed by atoms with Crippen LogP contribution in [0.15, 0.2) is 72.8 Å². The minimum atomic E-state index is -1.69. The topological polar surface area (TPSA) is 288 Å². The summed E-state index contributed by atoms with van der Waals surface area (Å²) in [7, 11) is 0. The Morgan fingerprint density at radius 1 is 0.242 bits per heavy atom. The van der Waals surface area contributed by atoms with Crippen molar-refractivity contribution in [1.82, 2.24) is 0 Å². The fourth-order valence-electron chi connectivity index (χ4n) is 11.4. The Labute approximate surface area is 557 Å². The number of hydrogen-bond acceptors (Lipinski definition) is 19. The Kier molecular flexibility index (Phi) is 27.1. The SMILES string of the molecule is Cc1cc(CCC(=O)OCC(COCC(COC(=O)CCc2cc(C)c(O)c(C)c2)(COC(=O)CCc2cc(C)c(O)c(C)c2)COC(=O)CCc2cc(C)c(O)c(C)c2)(COC(=O)CCc2cc(C)c(O)c(C)c2)COC(=O)CCc2cc(C)c(O)c(C)c2)cc(C)c1O. The Hall–Kier alpha value is -9.10. The predicted molar refractivity (Wildman–Crippen MR) is 357 cm³/mol. The molecule has 0 heterocycles. The molecule has 0 radical (unpaired) electrons. The average molecular weight is 1310 g/mol. The molecule has 0 saturated carbocycles. The summed E-state index contributed by atoms with van der Waals surface area (Å²) in [6.45, 7) is 16.6. The third-order valence-electron chi connectivity index (χ3n) is 17.1. The number of carbonyl (C=O) groups is 6. The fourth-order valence-corrected chi connectivity index (χ4v) is 11.4. The molecule has 0 bridgehead atoms. The zero-order valence-corrected chi connectivity index (χ0v) is 57.1. The van der Waals surface area contributed by atoms with Gasteiger partial charge in [0.1, 0.15) is 74.1 Å². The van der Waals surface area contributed by atoms with Gasteiger partial charge in [-0.25, -0.2) is 0 Å². The van der Waals surface area contributed by atoms with Crippen LogP contribution in [0.1, 0.15) is 139 Å². The molecule has 6 aromatic rings. The molecule has 6 rings (SSSR count). The van der Waals surface area contributed by atoms with Crippen molar-refractivity contribution in [1.29, 1.82) is 0 Å². The van der Waals surface area contributed by atoms with E-state index in [-0.39, 0.29) is 112 Å². The molecule has 19 heteroatoms. The van der Waals surface area contributed by atoms with Gasteiger partial charge in [0.25, 0.3) is 0 Å². The van der Waals surface area contributed by atoms with Crippen molar-refractivity contribution < 1.29 is 92.6 Å². The van der Waals surface area contributed by atoms with Crippen molar-refractivity contribution in [3.8, 4) is 34.5 Å². The molecule has 0 aliphatic carbocycles. The van der Waals surface area contributed by atoms with Gasteiger partial charge in [0, 0.05) is 38.5 Å². The van der Waals surface area contributed by atoms with Crippen LogP contribution in [0.3, 0.4) is 0 Å². The van der Waals surface area contributed by atoms with Gasteiger partial charge >= 0.3 is 35.8 Å². The molecule has 95 heavy (non-hydrogen) atoms. The lowest BCUT2D eigenvalue weighted by Crippen LogP contribution is -2.47. The summed E-state index contributed by atoms with van der Waals surface area (Å²) in [5.41, 5.74) is 8.56. The number of aryl methyl sites for hydroxylation is 18. The number of hydrogen-bond donors (Lipinski definition) is 6. The first-order chi connectivity index (χ1) is 44.8. The van der Waals surface area contributed by atoms with Crippen molar-refractivity contribution in [3.63, 3.8) is 0 Å². The standard InChI is InChI=1S/C76H94O19/c1-45-25-57(26-46(2)69(45)83)13-19-63(77)90-39-75(40-91-64(78)20-14-58-27-47(3)70(84)48(4)28-58,41-92-65(79)21-15-59-29-49(5)71(85)50(6)30-59)37-89-38-76(42-93-66(80)22-16-60-31-51(7)72(86)52(8)32-60,43-94-67(81)23-17-61-33-53(9)73(87)54(10)34-61)44-95-68(82)24-18-62-35-55(11)74(88)56(12)36-62/h25-36,83-88H,13-24,37-44H2,1-12H3. The van der Waals surface area contributed by atoms with Gasteiger partial charge in [-0.05, 0) is 222 Å². The maximum absolute atomic E-state index is 14.0. The number of rotatable bonds is 34. The molecular formula is C76H94O19. The summed E-state index contributed by atoms with van der Waals surface area (Å²) in [6, 6.07) is 21.1. The second-order valence-electron chi connectivity index (χ2n) is 25.9. The maximum atomic E-state index is 14.0. The van der Waals surface area contributed by atoms with Gasteiger partial charge in [0.05, 0.1) is 24.0 Å². The maximum Gasteiger partial charge on any atom is 0.306 e. The highest BCUT2D eigenvalue weighted by molar-refractivity contribution is 5.73. The minimum Gasteiger partial charge on any atom is -0.507 e. The molecule has 0 saturated heterocycles. The van der Waals surface area contributed by atoms with Crippen LogP contribution in [0, 0.1) is 93.9 Å². The molecular weight excluding hydrogens is 1220 g/mol. The van der Waals surface area contributed by atoms with Gasteiger partial charge in [-0.15, -0.1) is 0 Å². The van der Waals surface area contributed by atoms with Crippen LogP contribution in [0.4, 0.5) is 0 Å². The van der Waals surface area contributed by atoms with E-state index in [1.807, 2.05) is 0 Å². The molecule has 19 nitrogen and oxygen atoms in total. The molecule has 0 aliphatic rings. The van der Waals surface area contributed by atoms with E-state index < -0.39 is 99.5 Å². The van der Waals surface area contributed by atoms with E-state index in [2.05, 4.69) is 0 Å². The van der Waals surface area contributed by atoms with Crippen LogP contribution in [0.25, 0.3) is 0 Å². The van der Waals surface area contributed by atoms with E-state index >= 15 is 0 Å². The molecule has 0 fully saturated rings. The van der Waals surface area contributed by atoms with Crippen molar-refractivity contribution in [2.75, 3.05) is 52.9 Å². The lowest BCUT2D eigenvalue weighted by molar-refractivity contribution is -0.175. The van der Waals surface area contributed by atoms with Gasteiger partial charge in [-0.3, -0.25) is 28.8 Å². The van der Waals surface area contributed by atoms with Gasteiger partial charge < -0.3 is 63.8 Å². The molecule has 0 amide bonds. The Morgan fingerprint density at radius 2 is 0.368 bits per heavy atom. The Balaban J connectivity index is 1.37. The summed E-state index contributed by atoms with van der Waals surface area (Å²) >= 11 is 0.